The van der Waals surface area contributed by atoms with Gasteiger partial charge < -0.3 is 5.73 Å². The van der Waals surface area contributed by atoms with E-state index in [-0.39, 0.29) is 6.04 Å². The van der Waals surface area contributed by atoms with Crippen molar-refractivity contribution in [2.24, 2.45) is 12.8 Å². The maximum Gasteiger partial charge on any atom is 0.0699 e. The molecule has 0 radical (unpaired) electrons. The van der Waals surface area contributed by atoms with Gasteiger partial charge in [0.1, 0.15) is 0 Å². The summed E-state index contributed by atoms with van der Waals surface area (Å²) in [6.07, 6.45) is 2.58. The summed E-state index contributed by atoms with van der Waals surface area (Å²) in [4.78, 5) is 0. The lowest BCUT2D eigenvalue weighted by Gasteiger charge is -2.17. The van der Waals surface area contributed by atoms with Crippen molar-refractivity contribution in [3.8, 4) is 0 Å². The normalized spacial score (nSPS) is 13.2. The average Bonchev–Trinajstić information content (AvgIpc) is 2.85. The van der Waals surface area contributed by atoms with Crippen molar-refractivity contribution in [1.82, 2.24) is 19.6 Å². The Bertz CT molecular complexity index is 611. The first kappa shape index (κ1) is 15.3. The molecule has 0 aliphatic rings. The van der Waals surface area contributed by atoms with Crippen molar-refractivity contribution in [3.63, 3.8) is 0 Å². The van der Waals surface area contributed by atoms with Gasteiger partial charge in [-0.1, -0.05) is 0 Å². The van der Waals surface area contributed by atoms with Crippen LogP contribution in [0.5, 0.6) is 0 Å². The van der Waals surface area contributed by atoms with Crippen molar-refractivity contribution in [2.45, 2.75) is 46.2 Å². The van der Waals surface area contributed by atoms with E-state index in [1.807, 2.05) is 29.5 Å². The van der Waals surface area contributed by atoms with Crippen LogP contribution < -0.4 is 5.73 Å². The van der Waals surface area contributed by atoms with E-state index in [0.717, 1.165) is 22.3 Å². The molecule has 0 aliphatic heterocycles. The van der Waals surface area contributed by atoms with E-state index >= 15 is 0 Å². The first-order valence-electron chi connectivity index (χ1n) is 6.80. The summed E-state index contributed by atoms with van der Waals surface area (Å²) in [6.45, 7) is 8.33. The molecule has 0 spiro atoms. The van der Waals surface area contributed by atoms with Gasteiger partial charge >= 0.3 is 0 Å². The number of rotatable bonds is 4. The molecule has 0 fully saturated rings. The average molecular weight is 340 g/mol. The van der Waals surface area contributed by atoms with Crippen LogP contribution in [0, 0.1) is 13.8 Å². The molecule has 0 saturated heterocycles. The van der Waals surface area contributed by atoms with Crippen LogP contribution >= 0.6 is 15.9 Å². The van der Waals surface area contributed by atoms with Crippen molar-refractivity contribution in [1.29, 1.82) is 0 Å². The first-order valence-corrected chi connectivity index (χ1v) is 7.59. The van der Waals surface area contributed by atoms with E-state index in [1.165, 1.54) is 11.3 Å². The van der Waals surface area contributed by atoms with Crippen LogP contribution in [0.2, 0.25) is 0 Å². The second-order valence-corrected chi connectivity index (χ2v) is 6.35. The molecule has 0 saturated carbocycles. The molecule has 2 heterocycles. The van der Waals surface area contributed by atoms with Crippen molar-refractivity contribution >= 4 is 15.9 Å². The van der Waals surface area contributed by atoms with E-state index in [4.69, 9.17) is 5.73 Å². The molecule has 0 bridgehead atoms. The smallest absolute Gasteiger partial charge is 0.0699 e. The summed E-state index contributed by atoms with van der Waals surface area (Å²) in [5.74, 6) is 0. The number of nitrogens with zero attached hydrogens (tertiary/aromatic N) is 4. The third-order valence-corrected chi connectivity index (χ3v) is 4.32. The molecule has 20 heavy (non-hydrogen) atoms. The SMILES string of the molecule is Cc1nn(C)c(C)c1CC(N)c1c(Br)cnn1C(C)C. The highest BCUT2D eigenvalue weighted by Crippen LogP contribution is 2.28. The van der Waals surface area contributed by atoms with Gasteiger partial charge in [0, 0.05) is 18.8 Å². The lowest BCUT2D eigenvalue weighted by atomic mass is 10.0. The Labute approximate surface area is 128 Å². The fourth-order valence-electron chi connectivity index (χ4n) is 2.54. The number of nitrogens with two attached hydrogens (primary N) is 1. The zero-order chi connectivity index (χ0) is 15.0. The van der Waals surface area contributed by atoms with Crippen molar-refractivity contribution < 1.29 is 0 Å². The largest absolute Gasteiger partial charge is 0.322 e. The molecule has 1 unspecified atom stereocenters. The number of aromatic nitrogens is 4. The highest BCUT2D eigenvalue weighted by molar-refractivity contribution is 9.10. The van der Waals surface area contributed by atoms with E-state index < -0.39 is 0 Å². The van der Waals surface area contributed by atoms with Crippen LogP contribution in [-0.4, -0.2) is 19.6 Å². The van der Waals surface area contributed by atoms with Gasteiger partial charge in [0.15, 0.2) is 0 Å². The highest BCUT2D eigenvalue weighted by Gasteiger charge is 2.21. The molecule has 2 rings (SSSR count). The molecular weight excluding hydrogens is 318 g/mol. The predicted octanol–water partition coefficient (Wildman–Crippen LogP) is 2.82. The third kappa shape index (κ3) is 2.67. The summed E-state index contributed by atoms with van der Waals surface area (Å²) in [5.41, 5.74) is 10.9. The summed E-state index contributed by atoms with van der Waals surface area (Å²) < 4.78 is 4.86. The highest BCUT2D eigenvalue weighted by atomic mass is 79.9. The maximum atomic E-state index is 6.43. The van der Waals surface area contributed by atoms with Crippen molar-refractivity contribution in [2.75, 3.05) is 0 Å². The quantitative estimate of drug-likeness (QED) is 0.931. The Kier molecular flexibility index (Phi) is 4.34. The molecule has 0 amide bonds. The van der Waals surface area contributed by atoms with Crippen molar-refractivity contribution in [3.05, 3.63) is 33.3 Å². The van der Waals surface area contributed by atoms with E-state index in [1.54, 1.807) is 0 Å². The van der Waals surface area contributed by atoms with E-state index in [9.17, 15) is 0 Å². The Morgan fingerprint density at radius 1 is 1.35 bits per heavy atom. The van der Waals surface area contributed by atoms with Gasteiger partial charge in [-0.25, -0.2) is 0 Å². The molecule has 1 atom stereocenters. The summed E-state index contributed by atoms with van der Waals surface area (Å²) in [7, 11) is 1.96. The maximum absolute atomic E-state index is 6.43. The lowest BCUT2D eigenvalue weighted by molar-refractivity contribution is 0.484. The second kappa shape index (κ2) is 5.69. The summed E-state index contributed by atoms with van der Waals surface area (Å²) >= 11 is 3.56. The van der Waals surface area contributed by atoms with Gasteiger partial charge in [0.25, 0.3) is 0 Å². The molecular formula is C14H22BrN5. The minimum Gasteiger partial charge on any atom is -0.322 e. The Morgan fingerprint density at radius 2 is 2.00 bits per heavy atom. The predicted molar refractivity (Wildman–Crippen MR) is 83.6 cm³/mol. The molecule has 2 N–H and O–H groups in total. The standard InChI is InChI=1S/C14H22BrN5/c1-8(2)20-14(12(15)7-17-20)13(16)6-11-9(3)18-19(5)10(11)4/h7-8,13H,6,16H2,1-5H3. The van der Waals surface area contributed by atoms with Gasteiger partial charge in [0.05, 0.1) is 28.1 Å². The van der Waals surface area contributed by atoms with E-state index in [0.29, 0.717) is 6.04 Å². The van der Waals surface area contributed by atoms with Crippen LogP contribution in [-0.2, 0) is 13.5 Å². The molecule has 2 aromatic rings. The zero-order valence-corrected chi connectivity index (χ0v) is 14.3. The molecule has 0 aliphatic carbocycles. The minimum absolute atomic E-state index is 0.101. The van der Waals surface area contributed by atoms with Crippen LogP contribution in [0.1, 0.15) is 48.6 Å². The van der Waals surface area contributed by atoms with Crippen LogP contribution in [0.3, 0.4) is 0 Å². The van der Waals surface area contributed by atoms with Gasteiger partial charge in [-0.2, -0.15) is 10.2 Å². The molecule has 6 heteroatoms. The monoisotopic (exact) mass is 339 g/mol. The molecule has 0 aromatic carbocycles. The summed E-state index contributed by atoms with van der Waals surface area (Å²) in [6, 6.07) is 0.189. The van der Waals surface area contributed by atoms with Gasteiger partial charge in [-0.3, -0.25) is 9.36 Å². The van der Waals surface area contributed by atoms with Crippen LogP contribution in [0.15, 0.2) is 10.7 Å². The zero-order valence-electron chi connectivity index (χ0n) is 12.7. The molecule has 2 aromatic heterocycles. The third-order valence-electron chi connectivity index (χ3n) is 3.71. The van der Waals surface area contributed by atoms with Crippen LogP contribution in [0.25, 0.3) is 0 Å². The lowest BCUT2D eigenvalue weighted by Crippen LogP contribution is -2.20. The number of hydrogen-bond donors (Lipinski definition) is 1. The fourth-order valence-corrected chi connectivity index (χ4v) is 3.11. The van der Waals surface area contributed by atoms with Gasteiger partial charge in [-0.15, -0.1) is 0 Å². The number of hydrogen-bond acceptors (Lipinski definition) is 3. The number of halogens is 1. The first-order chi connectivity index (χ1) is 9.32. The summed E-state index contributed by atoms with van der Waals surface area (Å²) in [5, 5.41) is 8.85. The second-order valence-electron chi connectivity index (χ2n) is 5.50. The fraction of sp³-hybridized carbons (Fsp3) is 0.571. The topological polar surface area (TPSA) is 61.7 Å². The molecule has 110 valence electrons. The Balaban J connectivity index is 2.33. The minimum atomic E-state index is -0.101. The Morgan fingerprint density at radius 3 is 2.50 bits per heavy atom. The van der Waals surface area contributed by atoms with E-state index in [2.05, 4.69) is 46.9 Å². The van der Waals surface area contributed by atoms with Gasteiger partial charge in [0.2, 0.25) is 0 Å². The van der Waals surface area contributed by atoms with Gasteiger partial charge in [-0.05, 0) is 55.6 Å². The van der Waals surface area contributed by atoms with Crippen LogP contribution in [0.4, 0.5) is 0 Å². The molecule has 5 nitrogen and oxygen atoms in total. The number of aryl methyl sites for hydroxylation is 2. The Hall–Kier alpha value is -1.14.